The highest BCUT2D eigenvalue weighted by atomic mass is 32.2. The number of nitrogens with zero attached hydrogens (tertiary/aromatic N) is 2. The summed E-state index contributed by atoms with van der Waals surface area (Å²) in [5.41, 5.74) is 3.69. The zero-order chi connectivity index (χ0) is 24.5. The second-order valence-electron chi connectivity index (χ2n) is 7.93. The first-order chi connectivity index (χ1) is 17.1. The SMILES string of the molecule is C=CCOC(=O)NCc1ccc(C2OC(CSc3ncn[nH]3)CC(c3ccc(CO)cc3)O2)cc1. The maximum Gasteiger partial charge on any atom is 0.407 e. The average Bonchev–Trinajstić information content (AvgIpc) is 3.43. The third-order valence-electron chi connectivity index (χ3n) is 5.43. The van der Waals surface area contributed by atoms with Gasteiger partial charge in [0.1, 0.15) is 12.9 Å². The van der Waals surface area contributed by atoms with E-state index in [9.17, 15) is 9.90 Å². The molecule has 3 N–H and O–H groups in total. The van der Waals surface area contributed by atoms with Crippen LogP contribution in [0.4, 0.5) is 4.79 Å². The van der Waals surface area contributed by atoms with Gasteiger partial charge in [0.25, 0.3) is 0 Å². The Morgan fingerprint density at radius 3 is 2.60 bits per heavy atom. The van der Waals surface area contributed by atoms with E-state index in [1.54, 1.807) is 11.8 Å². The topological polar surface area (TPSA) is 119 Å². The van der Waals surface area contributed by atoms with Gasteiger partial charge in [-0.1, -0.05) is 72.9 Å². The van der Waals surface area contributed by atoms with Crippen molar-refractivity contribution in [2.45, 2.75) is 43.2 Å². The number of nitrogens with one attached hydrogen (secondary N) is 2. The molecule has 4 rings (SSSR count). The number of hydrogen-bond acceptors (Lipinski definition) is 8. The summed E-state index contributed by atoms with van der Waals surface area (Å²) in [7, 11) is 0. The monoisotopic (exact) mass is 496 g/mol. The molecule has 1 saturated heterocycles. The molecule has 1 aliphatic heterocycles. The Bertz CT molecular complexity index is 1080. The lowest BCUT2D eigenvalue weighted by atomic mass is 10.0. The van der Waals surface area contributed by atoms with Crippen LogP contribution in [-0.2, 0) is 27.4 Å². The summed E-state index contributed by atoms with van der Waals surface area (Å²) in [4.78, 5) is 15.8. The quantitative estimate of drug-likeness (QED) is 0.284. The van der Waals surface area contributed by atoms with E-state index in [-0.39, 0.29) is 25.4 Å². The van der Waals surface area contributed by atoms with Crippen LogP contribution in [0.15, 0.2) is 72.7 Å². The van der Waals surface area contributed by atoms with E-state index >= 15 is 0 Å². The van der Waals surface area contributed by atoms with Crippen molar-refractivity contribution in [2.75, 3.05) is 12.4 Å². The van der Waals surface area contributed by atoms with Crippen molar-refractivity contribution in [1.82, 2.24) is 20.5 Å². The predicted molar refractivity (Wildman–Crippen MR) is 130 cm³/mol. The second kappa shape index (κ2) is 12.5. The number of amides is 1. The average molecular weight is 497 g/mol. The van der Waals surface area contributed by atoms with E-state index in [1.165, 1.54) is 12.4 Å². The summed E-state index contributed by atoms with van der Waals surface area (Å²) in [6.45, 7) is 4.03. The van der Waals surface area contributed by atoms with Crippen LogP contribution in [0.25, 0.3) is 0 Å². The summed E-state index contributed by atoms with van der Waals surface area (Å²) in [6.07, 6.45) is 2.41. The minimum Gasteiger partial charge on any atom is -0.445 e. The van der Waals surface area contributed by atoms with Crippen molar-refractivity contribution in [3.8, 4) is 0 Å². The Hall–Kier alpha value is -3.18. The van der Waals surface area contributed by atoms with Crippen molar-refractivity contribution in [3.63, 3.8) is 0 Å². The number of H-pyrrole nitrogens is 1. The number of aliphatic hydroxyl groups excluding tert-OH is 1. The fraction of sp³-hybridized carbons (Fsp3) is 0.320. The minimum atomic E-state index is -0.550. The minimum absolute atomic E-state index is 0.00116. The lowest BCUT2D eigenvalue weighted by Crippen LogP contribution is -2.31. The molecule has 2 aromatic carbocycles. The summed E-state index contributed by atoms with van der Waals surface area (Å²) >= 11 is 1.55. The number of ether oxygens (including phenoxy) is 3. The van der Waals surface area contributed by atoms with Gasteiger partial charge in [-0.05, 0) is 16.7 Å². The van der Waals surface area contributed by atoms with Gasteiger partial charge in [-0.15, -0.1) is 0 Å². The van der Waals surface area contributed by atoms with Crippen LogP contribution in [-0.4, -0.2) is 44.8 Å². The number of aromatic nitrogens is 3. The summed E-state index contributed by atoms with van der Waals surface area (Å²) in [6, 6.07) is 15.5. The molecular weight excluding hydrogens is 468 g/mol. The van der Waals surface area contributed by atoms with Gasteiger partial charge in [-0.2, -0.15) is 5.10 Å². The fourth-order valence-corrected chi connectivity index (χ4v) is 4.41. The molecule has 184 valence electrons. The zero-order valence-corrected chi connectivity index (χ0v) is 19.9. The Kier molecular flexibility index (Phi) is 8.90. The molecule has 1 aromatic heterocycles. The van der Waals surface area contributed by atoms with Crippen LogP contribution >= 0.6 is 11.8 Å². The van der Waals surface area contributed by atoms with Gasteiger partial charge in [0.05, 0.1) is 18.8 Å². The Labute approximate surface area is 207 Å². The van der Waals surface area contributed by atoms with Crippen LogP contribution < -0.4 is 5.32 Å². The molecule has 35 heavy (non-hydrogen) atoms. The Balaban J connectivity index is 1.44. The van der Waals surface area contributed by atoms with Gasteiger partial charge in [0.15, 0.2) is 11.4 Å². The Morgan fingerprint density at radius 2 is 1.91 bits per heavy atom. The number of aromatic amines is 1. The molecule has 1 aliphatic rings. The molecule has 1 amide bonds. The van der Waals surface area contributed by atoms with Crippen molar-refractivity contribution in [2.24, 2.45) is 0 Å². The van der Waals surface area contributed by atoms with Gasteiger partial charge >= 0.3 is 6.09 Å². The molecule has 3 aromatic rings. The molecule has 1 fully saturated rings. The predicted octanol–water partition coefficient (Wildman–Crippen LogP) is 4.05. The lowest BCUT2D eigenvalue weighted by Gasteiger charge is -2.36. The number of alkyl carbamates (subject to hydrolysis) is 1. The number of rotatable bonds is 10. The van der Waals surface area contributed by atoms with Gasteiger partial charge < -0.3 is 24.6 Å². The first-order valence-electron chi connectivity index (χ1n) is 11.2. The van der Waals surface area contributed by atoms with E-state index in [0.29, 0.717) is 18.7 Å². The number of thioether (sulfide) groups is 1. The number of aliphatic hydroxyl groups is 1. The summed E-state index contributed by atoms with van der Waals surface area (Å²) in [5.74, 6) is 0.690. The van der Waals surface area contributed by atoms with Crippen LogP contribution in [0.5, 0.6) is 0 Å². The Morgan fingerprint density at radius 1 is 1.17 bits per heavy atom. The molecule has 3 unspecified atom stereocenters. The molecule has 2 heterocycles. The highest BCUT2D eigenvalue weighted by Gasteiger charge is 2.32. The van der Waals surface area contributed by atoms with Crippen molar-refractivity contribution >= 4 is 17.9 Å². The van der Waals surface area contributed by atoms with Crippen LogP contribution in [0.2, 0.25) is 0 Å². The number of benzene rings is 2. The van der Waals surface area contributed by atoms with Gasteiger partial charge in [-0.3, -0.25) is 5.10 Å². The third kappa shape index (κ3) is 7.15. The van der Waals surface area contributed by atoms with Crippen LogP contribution in [0, 0.1) is 0 Å². The van der Waals surface area contributed by atoms with Gasteiger partial charge in [0.2, 0.25) is 0 Å². The normalized spacial score (nSPS) is 19.7. The number of hydrogen-bond donors (Lipinski definition) is 3. The standard InChI is InChI=1S/C25H28N4O5S/c1-2-11-32-25(31)26-13-17-3-9-20(10-4-17)23-33-21(15-35-24-27-16-28-29-24)12-22(34-23)19-7-5-18(14-30)6-8-19/h2-10,16,21-23,30H,1,11-15H2,(H,26,31)(H,27,28,29). The first kappa shape index (κ1) is 24.9. The summed E-state index contributed by atoms with van der Waals surface area (Å²) < 4.78 is 17.6. The molecule has 9 nitrogen and oxygen atoms in total. The smallest absolute Gasteiger partial charge is 0.407 e. The van der Waals surface area contributed by atoms with Crippen LogP contribution in [0.1, 0.15) is 41.1 Å². The largest absolute Gasteiger partial charge is 0.445 e. The molecule has 0 bridgehead atoms. The summed E-state index contributed by atoms with van der Waals surface area (Å²) in [5, 5.41) is 19.6. The molecule has 0 saturated carbocycles. The molecule has 3 atom stereocenters. The fourth-order valence-electron chi connectivity index (χ4n) is 3.61. The highest BCUT2D eigenvalue weighted by Crippen LogP contribution is 2.39. The van der Waals surface area contributed by atoms with E-state index in [4.69, 9.17) is 14.2 Å². The van der Waals surface area contributed by atoms with Gasteiger partial charge in [0, 0.05) is 24.3 Å². The molecule has 0 radical (unpaired) electrons. The van der Waals surface area contributed by atoms with E-state index < -0.39 is 12.4 Å². The van der Waals surface area contributed by atoms with Crippen molar-refractivity contribution in [1.29, 1.82) is 0 Å². The molecule has 0 spiro atoms. The maximum absolute atomic E-state index is 11.6. The highest BCUT2D eigenvalue weighted by molar-refractivity contribution is 7.99. The maximum atomic E-state index is 11.6. The van der Waals surface area contributed by atoms with Crippen LogP contribution in [0.3, 0.4) is 0 Å². The zero-order valence-electron chi connectivity index (χ0n) is 19.1. The van der Waals surface area contributed by atoms with E-state index in [2.05, 4.69) is 27.1 Å². The second-order valence-corrected chi connectivity index (χ2v) is 8.94. The van der Waals surface area contributed by atoms with Crippen molar-refractivity contribution < 1.29 is 24.1 Å². The van der Waals surface area contributed by atoms with Crippen molar-refractivity contribution in [3.05, 3.63) is 89.8 Å². The third-order valence-corrected chi connectivity index (χ3v) is 6.44. The van der Waals surface area contributed by atoms with E-state index in [1.807, 2.05) is 48.5 Å². The number of carbonyl (C=O) groups excluding carboxylic acids is 1. The van der Waals surface area contributed by atoms with Gasteiger partial charge in [-0.25, -0.2) is 9.78 Å². The molecule has 10 heteroatoms. The lowest BCUT2D eigenvalue weighted by molar-refractivity contribution is -0.245. The van der Waals surface area contributed by atoms with E-state index in [0.717, 1.165) is 27.4 Å². The molecule has 0 aliphatic carbocycles. The first-order valence-corrected chi connectivity index (χ1v) is 12.2. The molecular formula is C25H28N4O5S. The number of carbonyl (C=O) groups is 1.